The summed E-state index contributed by atoms with van der Waals surface area (Å²) in [6.45, 7) is 7.07. The second-order valence-electron chi connectivity index (χ2n) is 6.41. The predicted molar refractivity (Wildman–Crippen MR) is 74.5 cm³/mol. The zero-order chi connectivity index (χ0) is 13.0. The SMILES string of the molecule is CCC1(C)CCN(C(=O)CNC2CCCC2)CC1. The lowest BCUT2D eigenvalue weighted by Gasteiger charge is -2.39. The smallest absolute Gasteiger partial charge is 0.236 e. The average Bonchev–Trinajstić information content (AvgIpc) is 2.90. The van der Waals surface area contributed by atoms with Gasteiger partial charge in [-0.2, -0.15) is 0 Å². The van der Waals surface area contributed by atoms with E-state index in [4.69, 9.17) is 0 Å². The first kappa shape index (κ1) is 13.9. The van der Waals surface area contributed by atoms with Gasteiger partial charge in [-0.15, -0.1) is 0 Å². The zero-order valence-corrected chi connectivity index (χ0v) is 12.0. The van der Waals surface area contributed by atoms with Gasteiger partial charge in [-0.3, -0.25) is 4.79 Å². The van der Waals surface area contributed by atoms with Crippen LogP contribution < -0.4 is 5.32 Å². The summed E-state index contributed by atoms with van der Waals surface area (Å²) in [5.74, 6) is 0.306. The maximum absolute atomic E-state index is 12.1. The molecule has 0 unspecified atom stereocenters. The van der Waals surface area contributed by atoms with Crippen LogP contribution in [0.5, 0.6) is 0 Å². The monoisotopic (exact) mass is 252 g/mol. The normalized spacial score (nSPS) is 24.4. The third kappa shape index (κ3) is 3.47. The lowest BCUT2D eigenvalue weighted by Crippen LogP contribution is -2.46. The Kier molecular flexibility index (Phi) is 4.66. The van der Waals surface area contributed by atoms with Gasteiger partial charge in [-0.25, -0.2) is 0 Å². The van der Waals surface area contributed by atoms with Crippen LogP contribution in [-0.2, 0) is 4.79 Å². The van der Waals surface area contributed by atoms with Crippen LogP contribution >= 0.6 is 0 Å². The molecule has 1 saturated heterocycles. The summed E-state index contributed by atoms with van der Waals surface area (Å²) in [6, 6.07) is 0.597. The third-order valence-electron chi connectivity index (χ3n) is 5.07. The molecule has 2 aliphatic rings. The van der Waals surface area contributed by atoms with E-state index in [2.05, 4.69) is 24.1 Å². The van der Waals surface area contributed by atoms with Gasteiger partial charge in [0, 0.05) is 19.1 Å². The maximum Gasteiger partial charge on any atom is 0.236 e. The first-order valence-electron chi connectivity index (χ1n) is 7.64. The number of likely N-dealkylation sites (tertiary alicyclic amines) is 1. The van der Waals surface area contributed by atoms with Gasteiger partial charge in [0.05, 0.1) is 6.54 Å². The zero-order valence-electron chi connectivity index (χ0n) is 12.0. The van der Waals surface area contributed by atoms with Gasteiger partial charge in [-0.05, 0) is 31.1 Å². The van der Waals surface area contributed by atoms with Crippen molar-refractivity contribution in [1.29, 1.82) is 0 Å². The molecule has 1 amide bonds. The van der Waals surface area contributed by atoms with Gasteiger partial charge in [-0.1, -0.05) is 33.1 Å². The largest absolute Gasteiger partial charge is 0.342 e. The Morgan fingerprint density at radius 3 is 2.44 bits per heavy atom. The van der Waals surface area contributed by atoms with Crippen molar-refractivity contribution in [3.8, 4) is 0 Å². The van der Waals surface area contributed by atoms with Crippen LogP contribution in [0.25, 0.3) is 0 Å². The van der Waals surface area contributed by atoms with E-state index in [9.17, 15) is 4.79 Å². The van der Waals surface area contributed by atoms with Crippen LogP contribution in [-0.4, -0.2) is 36.5 Å². The highest BCUT2D eigenvalue weighted by Gasteiger charge is 2.30. The minimum Gasteiger partial charge on any atom is -0.342 e. The van der Waals surface area contributed by atoms with Gasteiger partial charge in [0.15, 0.2) is 0 Å². The van der Waals surface area contributed by atoms with Crippen molar-refractivity contribution in [3.05, 3.63) is 0 Å². The Bertz CT molecular complexity index is 276. The minimum absolute atomic E-state index is 0.306. The molecule has 1 N–H and O–H groups in total. The highest BCUT2D eigenvalue weighted by atomic mass is 16.2. The summed E-state index contributed by atoms with van der Waals surface area (Å²) in [5, 5.41) is 3.42. The van der Waals surface area contributed by atoms with Gasteiger partial charge in [0.2, 0.25) is 5.91 Å². The van der Waals surface area contributed by atoms with Crippen molar-refractivity contribution in [3.63, 3.8) is 0 Å². The van der Waals surface area contributed by atoms with Crippen LogP contribution in [0.3, 0.4) is 0 Å². The summed E-state index contributed by atoms with van der Waals surface area (Å²) in [6.07, 6.45) is 8.71. The van der Waals surface area contributed by atoms with Crippen LogP contribution in [0.1, 0.15) is 58.8 Å². The van der Waals surface area contributed by atoms with Crippen molar-refractivity contribution in [1.82, 2.24) is 10.2 Å². The predicted octanol–water partition coefficient (Wildman–Crippen LogP) is 2.56. The van der Waals surface area contributed by atoms with E-state index in [1.807, 2.05) is 0 Å². The van der Waals surface area contributed by atoms with Crippen LogP contribution in [0.2, 0.25) is 0 Å². The third-order valence-corrected chi connectivity index (χ3v) is 5.07. The molecule has 0 radical (unpaired) electrons. The fourth-order valence-corrected chi connectivity index (χ4v) is 3.12. The van der Waals surface area contributed by atoms with Crippen molar-refractivity contribution < 1.29 is 4.79 Å². The summed E-state index contributed by atoms with van der Waals surface area (Å²) in [4.78, 5) is 14.2. The number of hydrogen-bond donors (Lipinski definition) is 1. The van der Waals surface area contributed by atoms with E-state index < -0.39 is 0 Å². The first-order valence-corrected chi connectivity index (χ1v) is 7.64. The number of piperidine rings is 1. The quantitative estimate of drug-likeness (QED) is 0.834. The van der Waals surface area contributed by atoms with Crippen LogP contribution in [0.4, 0.5) is 0 Å². The molecular formula is C15H28N2O. The molecule has 0 atom stereocenters. The van der Waals surface area contributed by atoms with Crippen LogP contribution in [0.15, 0.2) is 0 Å². The highest BCUT2D eigenvalue weighted by molar-refractivity contribution is 5.78. The van der Waals surface area contributed by atoms with Crippen molar-refractivity contribution >= 4 is 5.91 Å². The molecule has 0 aromatic carbocycles. The number of amides is 1. The van der Waals surface area contributed by atoms with E-state index in [0.29, 0.717) is 23.9 Å². The molecule has 104 valence electrons. The van der Waals surface area contributed by atoms with E-state index in [0.717, 1.165) is 13.1 Å². The van der Waals surface area contributed by atoms with Gasteiger partial charge < -0.3 is 10.2 Å². The Balaban J connectivity index is 1.70. The van der Waals surface area contributed by atoms with Gasteiger partial charge in [0.25, 0.3) is 0 Å². The van der Waals surface area contributed by atoms with E-state index in [1.54, 1.807) is 0 Å². The summed E-state index contributed by atoms with van der Waals surface area (Å²) < 4.78 is 0. The lowest BCUT2D eigenvalue weighted by molar-refractivity contribution is -0.132. The lowest BCUT2D eigenvalue weighted by atomic mass is 9.78. The summed E-state index contributed by atoms with van der Waals surface area (Å²) in [7, 11) is 0. The first-order chi connectivity index (χ1) is 8.63. The molecular weight excluding hydrogens is 224 g/mol. The van der Waals surface area contributed by atoms with E-state index in [1.165, 1.54) is 44.9 Å². The van der Waals surface area contributed by atoms with E-state index >= 15 is 0 Å². The molecule has 0 spiro atoms. The topological polar surface area (TPSA) is 32.3 Å². The second kappa shape index (κ2) is 6.05. The summed E-state index contributed by atoms with van der Waals surface area (Å²) >= 11 is 0. The molecule has 18 heavy (non-hydrogen) atoms. The fourth-order valence-electron chi connectivity index (χ4n) is 3.12. The molecule has 0 aromatic rings. The number of hydrogen-bond acceptors (Lipinski definition) is 2. The molecule has 1 aliphatic heterocycles. The number of carbonyl (C=O) groups excluding carboxylic acids is 1. The maximum atomic E-state index is 12.1. The number of carbonyl (C=O) groups is 1. The van der Waals surface area contributed by atoms with Gasteiger partial charge >= 0.3 is 0 Å². The molecule has 0 bridgehead atoms. The Labute approximate surface area is 111 Å². The molecule has 3 nitrogen and oxygen atoms in total. The highest BCUT2D eigenvalue weighted by Crippen LogP contribution is 2.33. The Morgan fingerprint density at radius 1 is 1.28 bits per heavy atom. The minimum atomic E-state index is 0.306. The van der Waals surface area contributed by atoms with Gasteiger partial charge in [0.1, 0.15) is 0 Å². The molecule has 0 aromatic heterocycles. The van der Waals surface area contributed by atoms with Crippen molar-refractivity contribution in [2.75, 3.05) is 19.6 Å². The van der Waals surface area contributed by atoms with Crippen molar-refractivity contribution in [2.45, 2.75) is 64.8 Å². The molecule has 1 saturated carbocycles. The number of nitrogens with zero attached hydrogens (tertiary/aromatic N) is 1. The standard InChI is InChI=1S/C15H28N2O/c1-3-15(2)8-10-17(11-9-15)14(18)12-16-13-6-4-5-7-13/h13,16H,3-12H2,1-2H3. The summed E-state index contributed by atoms with van der Waals surface area (Å²) in [5.41, 5.74) is 0.468. The molecule has 1 heterocycles. The molecule has 3 heteroatoms. The second-order valence-corrected chi connectivity index (χ2v) is 6.41. The fraction of sp³-hybridized carbons (Fsp3) is 0.933. The van der Waals surface area contributed by atoms with Crippen LogP contribution in [0, 0.1) is 5.41 Å². The Hall–Kier alpha value is -0.570. The number of rotatable bonds is 4. The Morgan fingerprint density at radius 2 is 1.89 bits per heavy atom. The van der Waals surface area contributed by atoms with Crippen molar-refractivity contribution in [2.24, 2.45) is 5.41 Å². The van der Waals surface area contributed by atoms with E-state index in [-0.39, 0.29) is 0 Å². The molecule has 2 rings (SSSR count). The molecule has 2 fully saturated rings. The average molecular weight is 252 g/mol. The molecule has 1 aliphatic carbocycles. The number of nitrogens with one attached hydrogen (secondary N) is 1.